The largest absolute Gasteiger partial charge is 0.453 e. The molecule has 5 aromatic heterocycles. The molecule has 131 heavy (non-hydrogen) atoms. The van der Waals surface area contributed by atoms with E-state index < -0.39 is 0 Å². The second-order valence-corrected chi connectivity index (χ2v) is 32.8. The zero-order valence-corrected chi connectivity index (χ0v) is 70.9. The molecule has 0 unspecified atom stereocenters. The topological polar surface area (TPSA) is 107 Å². The number of furan rings is 1. The fraction of sp³-hybridized carbons (Fsp3) is 0. The van der Waals surface area contributed by atoms with E-state index in [1.807, 2.05) is 127 Å². The fourth-order valence-electron chi connectivity index (χ4n) is 18.9. The summed E-state index contributed by atoms with van der Waals surface area (Å²) in [6, 6.07) is 166. The summed E-state index contributed by atoms with van der Waals surface area (Å²) in [5, 5.41) is 13.9. The predicted octanol–water partition coefficient (Wildman–Crippen LogP) is 31.6. The number of benzene rings is 20. The molecule has 0 aliphatic rings. The van der Waals surface area contributed by atoms with Crippen LogP contribution in [0.4, 0.5) is 34.1 Å². The third-order valence-electron chi connectivity index (χ3n) is 25.0. The van der Waals surface area contributed by atoms with Crippen molar-refractivity contribution >= 4 is 132 Å². The van der Waals surface area contributed by atoms with Gasteiger partial charge in [0.2, 0.25) is 0 Å². The maximum absolute atomic E-state index is 7.04. The Morgan fingerprint density at radius 1 is 0.168 bits per heavy atom. The minimum atomic E-state index is 0.555. The summed E-state index contributed by atoms with van der Waals surface area (Å²) < 4.78 is 11.8. The molecule has 0 amide bonds. The average molecular weight is 1680 g/mol. The number of hydrogen-bond acceptors (Lipinski definition) is 9. The fourth-order valence-corrected chi connectivity index (χ4v) is 18.9. The van der Waals surface area contributed by atoms with E-state index >= 15 is 0 Å². The van der Waals surface area contributed by atoms with Gasteiger partial charge in [-0.25, -0.2) is 29.9 Å². The lowest BCUT2D eigenvalue weighted by Crippen LogP contribution is -2.09. The molecule has 0 fully saturated rings. The Balaban J connectivity index is 0.000000145. The van der Waals surface area contributed by atoms with Crippen molar-refractivity contribution in [1.82, 2.24) is 39.0 Å². The molecule has 0 saturated carbocycles. The van der Waals surface area contributed by atoms with Crippen molar-refractivity contribution in [2.75, 3.05) is 9.80 Å². The van der Waals surface area contributed by atoms with Gasteiger partial charge in [0.25, 0.3) is 0 Å². The molecule has 11 heteroatoms. The highest BCUT2D eigenvalue weighted by Gasteiger charge is 2.25. The molecule has 25 aromatic rings. The van der Waals surface area contributed by atoms with Gasteiger partial charge in [0.1, 0.15) is 5.58 Å². The molecule has 0 N–H and O–H groups in total. The van der Waals surface area contributed by atoms with Gasteiger partial charge in [-0.1, -0.05) is 334 Å². The molecular formula is C120H78N10O. The molecule has 0 aliphatic heterocycles. The smallest absolute Gasteiger partial charge is 0.167 e. The minimum absolute atomic E-state index is 0.555. The van der Waals surface area contributed by atoms with Crippen LogP contribution >= 0.6 is 0 Å². The van der Waals surface area contributed by atoms with Crippen LogP contribution < -0.4 is 9.80 Å². The third kappa shape index (κ3) is 14.1. The number of para-hydroxylation sites is 8. The van der Waals surface area contributed by atoms with Crippen molar-refractivity contribution in [1.29, 1.82) is 0 Å². The van der Waals surface area contributed by atoms with Gasteiger partial charge in [-0.2, -0.15) is 0 Å². The van der Waals surface area contributed by atoms with Crippen LogP contribution in [0.25, 0.3) is 200 Å². The van der Waals surface area contributed by atoms with Gasteiger partial charge in [-0.3, -0.25) is 0 Å². The molecule has 20 aromatic carbocycles. The molecule has 5 heterocycles. The molecule has 614 valence electrons. The van der Waals surface area contributed by atoms with E-state index in [1.54, 1.807) is 0 Å². The zero-order chi connectivity index (χ0) is 86.7. The number of aromatic nitrogens is 8. The SMILES string of the molecule is c1ccc(-c2nc(-c3ccccc3)nc(-c3ccc4c5ccc(-n6c7ccccc7c7cc(-c8ccc(N(c9ccccc9)c9ccccc9)cc8)ccc76)cc5c5ccccc5c4c3)n2)cc1.c1ccc(-c2nc(-c3ccccc3)nc(-c3cccc4c3oc3c(-n5c6ccccc6c6cc(-c7ccc(N(c8ccccc8)c8ccccc8)cc7)ccc65)cccc34)n2)cc1. The summed E-state index contributed by atoms with van der Waals surface area (Å²) in [6.45, 7) is 0. The van der Waals surface area contributed by atoms with Gasteiger partial charge in [0.05, 0.1) is 33.3 Å². The molecule has 0 radical (unpaired) electrons. The molecule has 0 bridgehead atoms. The van der Waals surface area contributed by atoms with Crippen molar-refractivity contribution in [3.8, 4) is 102 Å². The Kier molecular flexibility index (Phi) is 19.3. The Morgan fingerprint density at radius 3 is 0.908 bits per heavy atom. The minimum Gasteiger partial charge on any atom is -0.453 e. The van der Waals surface area contributed by atoms with E-state index in [4.69, 9.17) is 34.3 Å². The Morgan fingerprint density at radius 2 is 0.466 bits per heavy atom. The number of hydrogen-bond donors (Lipinski definition) is 0. The van der Waals surface area contributed by atoms with E-state index in [9.17, 15) is 0 Å². The number of nitrogens with zero attached hydrogens (tertiary/aromatic N) is 10. The van der Waals surface area contributed by atoms with Crippen molar-refractivity contribution in [3.63, 3.8) is 0 Å². The second-order valence-electron chi connectivity index (χ2n) is 32.8. The van der Waals surface area contributed by atoms with Crippen molar-refractivity contribution in [2.45, 2.75) is 0 Å². The molecule has 11 nitrogen and oxygen atoms in total. The molecule has 25 rings (SSSR count). The Labute approximate surface area is 755 Å². The normalized spacial score (nSPS) is 11.5. The predicted molar refractivity (Wildman–Crippen MR) is 541 cm³/mol. The van der Waals surface area contributed by atoms with Crippen molar-refractivity contribution in [3.05, 3.63) is 473 Å². The van der Waals surface area contributed by atoms with Gasteiger partial charge >= 0.3 is 0 Å². The maximum Gasteiger partial charge on any atom is 0.167 e. The van der Waals surface area contributed by atoms with Crippen LogP contribution in [0.2, 0.25) is 0 Å². The van der Waals surface area contributed by atoms with E-state index in [1.165, 1.54) is 70.6 Å². The first-order valence-corrected chi connectivity index (χ1v) is 44.1. The summed E-state index contributed by atoms with van der Waals surface area (Å²) in [6.07, 6.45) is 0. The van der Waals surface area contributed by atoms with Crippen LogP contribution in [0.15, 0.2) is 478 Å². The van der Waals surface area contributed by atoms with Gasteiger partial charge in [0.15, 0.2) is 40.5 Å². The first kappa shape index (κ1) is 76.8. The molecule has 0 aliphatic carbocycles. The number of fused-ring (bicyclic) bond motifs is 15. The quantitative estimate of drug-likeness (QED) is 0.0874. The summed E-state index contributed by atoms with van der Waals surface area (Å²) in [4.78, 5) is 34.7. The van der Waals surface area contributed by atoms with Crippen LogP contribution in [0.1, 0.15) is 0 Å². The first-order chi connectivity index (χ1) is 65.0. The van der Waals surface area contributed by atoms with Gasteiger partial charge in [0, 0.05) is 99.9 Å². The van der Waals surface area contributed by atoms with Crippen LogP contribution in [0.5, 0.6) is 0 Å². The van der Waals surface area contributed by atoms with Gasteiger partial charge in [-0.15, -0.1) is 0 Å². The average Bonchev–Trinajstić information content (AvgIpc) is 1.68. The van der Waals surface area contributed by atoms with E-state index in [0.29, 0.717) is 34.9 Å². The van der Waals surface area contributed by atoms with Crippen LogP contribution in [0, 0.1) is 0 Å². The van der Waals surface area contributed by atoms with Gasteiger partial charge < -0.3 is 23.4 Å². The van der Waals surface area contributed by atoms with E-state index in [-0.39, 0.29) is 0 Å². The molecule has 0 saturated heterocycles. The maximum atomic E-state index is 7.04. The molecule has 0 spiro atoms. The highest BCUT2D eigenvalue weighted by Crippen LogP contribution is 2.47. The monoisotopic (exact) mass is 1670 g/mol. The van der Waals surface area contributed by atoms with Crippen LogP contribution in [-0.2, 0) is 0 Å². The highest BCUT2D eigenvalue weighted by atomic mass is 16.3. The Bertz CT molecular complexity index is 8400. The van der Waals surface area contributed by atoms with Crippen LogP contribution in [0.3, 0.4) is 0 Å². The lowest BCUT2D eigenvalue weighted by molar-refractivity contribution is 0.667. The first-order valence-electron chi connectivity index (χ1n) is 44.1. The van der Waals surface area contributed by atoms with Gasteiger partial charge in [-0.05, 0) is 194 Å². The lowest BCUT2D eigenvalue weighted by Gasteiger charge is -2.25. The highest BCUT2D eigenvalue weighted by molar-refractivity contribution is 6.26. The standard InChI is InChI=1S/C63H41N5.C57H37N5O/c1-5-17-43(18-6-1)61-64-62(44-19-7-2-8-20-44)66-63(65-61)46-31-36-53-54-37-35-50(41-57(54)52-26-14-13-25-51(52)56(53)40-46)68-59-28-16-15-27-55(59)58-39-45(32-38-60(58)68)42-29-33-49(34-30-42)67(47-21-9-3-10-22-47)48-23-11-4-12-24-48;1-5-17-39(18-6-1)55-58-56(40-19-7-2-8-20-40)60-57(59-55)48-28-15-26-46-47-27-16-30-52(54(47)63-53(46)48)62-50-29-14-13-25-45(50)49-37-41(33-36-51(49)62)38-31-34-44(35-32-38)61(42-21-9-3-10-22-42)43-23-11-4-12-24-43/h1-41H;1-37H. The molecular weight excluding hydrogens is 1600 g/mol. The third-order valence-corrected chi connectivity index (χ3v) is 25.0. The summed E-state index contributed by atoms with van der Waals surface area (Å²) in [5.41, 5.74) is 25.0. The number of anilines is 6. The van der Waals surface area contributed by atoms with E-state index in [0.717, 1.165) is 128 Å². The number of rotatable bonds is 16. The summed E-state index contributed by atoms with van der Waals surface area (Å²) in [7, 11) is 0. The van der Waals surface area contributed by atoms with E-state index in [2.05, 4.69) is 365 Å². The summed E-state index contributed by atoms with van der Waals surface area (Å²) in [5.74, 6) is 3.71. The molecule has 0 atom stereocenters. The summed E-state index contributed by atoms with van der Waals surface area (Å²) >= 11 is 0. The lowest BCUT2D eigenvalue weighted by atomic mass is 9.93. The Hall–Kier alpha value is -17.8. The van der Waals surface area contributed by atoms with Crippen molar-refractivity contribution < 1.29 is 4.42 Å². The van der Waals surface area contributed by atoms with Crippen molar-refractivity contribution in [2.24, 2.45) is 0 Å². The second kappa shape index (κ2) is 32.9. The van der Waals surface area contributed by atoms with Crippen LogP contribution in [-0.4, -0.2) is 39.0 Å². The zero-order valence-electron chi connectivity index (χ0n) is 70.9.